The molecule has 0 spiro atoms. The molecule has 0 aliphatic carbocycles. The predicted molar refractivity (Wildman–Crippen MR) is 77.6 cm³/mol. The second-order valence-corrected chi connectivity index (χ2v) is 5.34. The summed E-state index contributed by atoms with van der Waals surface area (Å²) < 4.78 is 9.55. The van der Waals surface area contributed by atoms with Gasteiger partial charge in [-0.05, 0) is 27.2 Å². The number of esters is 1. The molecular weight excluding hydrogens is 276 g/mol. The van der Waals surface area contributed by atoms with Gasteiger partial charge < -0.3 is 20.1 Å². The van der Waals surface area contributed by atoms with Gasteiger partial charge in [-0.2, -0.15) is 0 Å². The number of hydrogen-bond donors (Lipinski definition) is 2. The van der Waals surface area contributed by atoms with Crippen molar-refractivity contribution < 1.29 is 23.9 Å². The summed E-state index contributed by atoms with van der Waals surface area (Å²) in [5.74, 6) is -0.833. The van der Waals surface area contributed by atoms with Gasteiger partial charge in [0.05, 0.1) is 13.5 Å². The molecule has 0 radical (unpaired) electrons. The molecule has 0 aromatic carbocycles. The smallest absolute Gasteiger partial charge is 0.408 e. The van der Waals surface area contributed by atoms with Gasteiger partial charge in [-0.1, -0.05) is 6.08 Å². The zero-order valence-electron chi connectivity index (χ0n) is 13.0. The van der Waals surface area contributed by atoms with Crippen molar-refractivity contribution in [2.24, 2.45) is 0 Å². The third-order valence-electron chi connectivity index (χ3n) is 2.27. The van der Waals surface area contributed by atoms with Crippen LogP contribution in [0.2, 0.25) is 0 Å². The number of rotatable bonds is 7. The van der Waals surface area contributed by atoms with Crippen LogP contribution in [-0.2, 0) is 19.1 Å². The molecule has 0 bridgehead atoms. The minimum atomic E-state index is -0.796. The molecule has 120 valence electrons. The van der Waals surface area contributed by atoms with E-state index in [2.05, 4.69) is 21.9 Å². The average Bonchev–Trinajstić information content (AvgIpc) is 2.35. The summed E-state index contributed by atoms with van der Waals surface area (Å²) in [6, 6.07) is -0.796. The highest BCUT2D eigenvalue weighted by molar-refractivity contribution is 5.86. The van der Waals surface area contributed by atoms with Crippen LogP contribution in [0.4, 0.5) is 4.79 Å². The fraction of sp³-hybridized carbons (Fsp3) is 0.643. The lowest BCUT2D eigenvalue weighted by molar-refractivity contribution is -0.140. The SMILES string of the molecule is C=CC[C@H](NC(=O)OC(C)(C)C)C(=O)NCCC(=O)OC. The molecule has 1 atom stereocenters. The van der Waals surface area contributed by atoms with Gasteiger partial charge in [0.1, 0.15) is 11.6 Å². The van der Waals surface area contributed by atoms with E-state index in [1.54, 1.807) is 20.8 Å². The Morgan fingerprint density at radius 1 is 1.29 bits per heavy atom. The molecule has 7 heteroatoms. The number of ether oxygens (including phenoxy) is 2. The summed E-state index contributed by atoms with van der Waals surface area (Å²) >= 11 is 0. The Morgan fingerprint density at radius 2 is 1.90 bits per heavy atom. The first-order chi connectivity index (χ1) is 9.69. The van der Waals surface area contributed by atoms with Crippen LogP contribution in [-0.4, -0.2) is 43.3 Å². The van der Waals surface area contributed by atoms with Crippen LogP contribution in [0.15, 0.2) is 12.7 Å². The minimum Gasteiger partial charge on any atom is -0.469 e. The van der Waals surface area contributed by atoms with Crippen molar-refractivity contribution in [2.45, 2.75) is 45.3 Å². The fourth-order valence-corrected chi connectivity index (χ4v) is 1.36. The number of carbonyl (C=O) groups excluding carboxylic acids is 3. The maximum atomic E-state index is 11.9. The van der Waals surface area contributed by atoms with Gasteiger partial charge in [0, 0.05) is 6.54 Å². The van der Waals surface area contributed by atoms with Crippen molar-refractivity contribution >= 4 is 18.0 Å². The molecule has 0 aliphatic rings. The summed E-state index contributed by atoms with van der Waals surface area (Å²) in [5.41, 5.74) is -0.649. The lowest BCUT2D eigenvalue weighted by Gasteiger charge is -2.22. The Bertz CT molecular complexity index is 387. The molecule has 2 amide bonds. The molecule has 0 aromatic heterocycles. The van der Waals surface area contributed by atoms with E-state index in [4.69, 9.17) is 4.74 Å². The van der Waals surface area contributed by atoms with Gasteiger partial charge in [-0.25, -0.2) is 4.79 Å². The number of alkyl carbamates (subject to hydrolysis) is 1. The molecule has 0 unspecified atom stereocenters. The van der Waals surface area contributed by atoms with Crippen LogP contribution in [0.3, 0.4) is 0 Å². The lowest BCUT2D eigenvalue weighted by atomic mass is 10.2. The average molecular weight is 300 g/mol. The third kappa shape index (κ3) is 9.48. The summed E-state index contributed by atoms with van der Waals surface area (Å²) in [5, 5.41) is 5.01. The number of hydrogen-bond acceptors (Lipinski definition) is 5. The topological polar surface area (TPSA) is 93.7 Å². The molecular formula is C14H24N2O5. The molecule has 0 heterocycles. The van der Waals surface area contributed by atoms with Crippen LogP contribution in [0.1, 0.15) is 33.6 Å². The Kier molecular flexibility index (Phi) is 8.11. The molecule has 7 nitrogen and oxygen atoms in total. The van der Waals surface area contributed by atoms with E-state index in [0.29, 0.717) is 0 Å². The third-order valence-corrected chi connectivity index (χ3v) is 2.27. The first-order valence-electron chi connectivity index (χ1n) is 6.64. The van der Waals surface area contributed by atoms with Crippen molar-refractivity contribution in [1.29, 1.82) is 0 Å². The highest BCUT2D eigenvalue weighted by Crippen LogP contribution is 2.07. The summed E-state index contributed by atoms with van der Waals surface area (Å²) in [6.07, 6.45) is 1.15. The van der Waals surface area contributed by atoms with E-state index in [9.17, 15) is 14.4 Å². The Balaban J connectivity index is 4.39. The second kappa shape index (κ2) is 8.99. The highest BCUT2D eigenvalue weighted by atomic mass is 16.6. The van der Waals surface area contributed by atoms with Crippen LogP contribution in [0.5, 0.6) is 0 Å². The van der Waals surface area contributed by atoms with E-state index in [0.717, 1.165) is 0 Å². The van der Waals surface area contributed by atoms with E-state index in [-0.39, 0.29) is 19.4 Å². The molecule has 0 saturated carbocycles. The van der Waals surface area contributed by atoms with Crippen molar-refractivity contribution in [3.63, 3.8) is 0 Å². The predicted octanol–water partition coefficient (Wildman–Crippen LogP) is 1.14. The summed E-state index contributed by atoms with van der Waals surface area (Å²) in [7, 11) is 1.27. The van der Waals surface area contributed by atoms with Gasteiger partial charge in [-0.15, -0.1) is 6.58 Å². The number of nitrogens with one attached hydrogen (secondary N) is 2. The van der Waals surface area contributed by atoms with Gasteiger partial charge in [0.2, 0.25) is 5.91 Å². The zero-order chi connectivity index (χ0) is 16.5. The van der Waals surface area contributed by atoms with Gasteiger partial charge in [0.25, 0.3) is 0 Å². The van der Waals surface area contributed by atoms with Gasteiger partial charge in [-0.3, -0.25) is 9.59 Å². The summed E-state index contributed by atoms with van der Waals surface area (Å²) in [6.45, 7) is 8.86. The Morgan fingerprint density at radius 3 is 2.38 bits per heavy atom. The first-order valence-corrected chi connectivity index (χ1v) is 6.64. The molecule has 0 fully saturated rings. The number of methoxy groups -OCH3 is 1. The van der Waals surface area contributed by atoms with Gasteiger partial charge >= 0.3 is 12.1 Å². The second-order valence-electron chi connectivity index (χ2n) is 5.34. The number of amides is 2. The van der Waals surface area contributed by atoms with Gasteiger partial charge in [0.15, 0.2) is 0 Å². The van der Waals surface area contributed by atoms with Crippen LogP contribution < -0.4 is 10.6 Å². The standard InChI is InChI=1S/C14H24N2O5/c1-6-7-10(16-13(19)21-14(2,3)4)12(18)15-9-8-11(17)20-5/h6,10H,1,7-9H2,2-5H3,(H,15,18)(H,16,19)/t10-/m0/s1. The lowest BCUT2D eigenvalue weighted by Crippen LogP contribution is -2.48. The van der Waals surface area contributed by atoms with E-state index < -0.39 is 29.6 Å². The molecule has 0 aromatic rings. The molecule has 0 saturated heterocycles. The molecule has 0 rings (SSSR count). The molecule has 2 N–H and O–H groups in total. The largest absolute Gasteiger partial charge is 0.469 e. The monoisotopic (exact) mass is 300 g/mol. The van der Waals surface area contributed by atoms with Crippen LogP contribution in [0.25, 0.3) is 0 Å². The number of carbonyl (C=O) groups is 3. The normalized spacial score (nSPS) is 12.0. The Labute approximate surface area is 125 Å². The quantitative estimate of drug-likeness (QED) is 0.543. The molecule has 0 aliphatic heterocycles. The van der Waals surface area contributed by atoms with E-state index >= 15 is 0 Å². The minimum absolute atomic E-state index is 0.0650. The zero-order valence-corrected chi connectivity index (χ0v) is 13.0. The molecule has 21 heavy (non-hydrogen) atoms. The van der Waals surface area contributed by atoms with Crippen molar-refractivity contribution in [3.8, 4) is 0 Å². The first kappa shape index (κ1) is 18.9. The highest BCUT2D eigenvalue weighted by Gasteiger charge is 2.23. The van der Waals surface area contributed by atoms with Crippen molar-refractivity contribution in [2.75, 3.05) is 13.7 Å². The fourth-order valence-electron chi connectivity index (χ4n) is 1.36. The summed E-state index contributed by atoms with van der Waals surface area (Å²) in [4.78, 5) is 34.5. The maximum absolute atomic E-state index is 11.9. The van der Waals surface area contributed by atoms with E-state index in [1.165, 1.54) is 13.2 Å². The van der Waals surface area contributed by atoms with Crippen molar-refractivity contribution in [1.82, 2.24) is 10.6 Å². The maximum Gasteiger partial charge on any atom is 0.408 e. The Hall–Kier alpha value is -2.05. The van der Waals surface area contributed by atoms with Crippen molar-refractivity contribution in [3.05, 3.63) is 12.7 Å². The van der Waals surface area contributed by atoms with Crippen LogP contribution >= 0.6 is 0 Å². The van der Waals surface area contributed by atoms with E-state index in [1.807, 2.05) is 0 Å². The van der Waals surface area contributed by atoms with Crippen LogP contribution in [0, 0.1) is 0 Å².